The summed E-state index contributed by atoms with van der Waals surface area (Å²) in [6.07, 6.45) is 3.72. The molecular weight excluding hydrogens is 230 g/mol. The van der Waals surface area contributed by atoms with E-state index in [1.54, 1.807) is 24.4 Å². The minimum atomic E-state index is -0.928. The maximum absolute atomic E-state index is 11.0. The average Bonchev–Trinajstić information content (AvgIpc) is 2.84. The van der Waals surface area contributed by atoms with Crippen molar-refractivity contribution in [2.24, 2.45) is 0 Å². The van der Waals surface area contributed by atoms with E-state index >= 15 is 0 Å². The first-order valence-electron chi connectivity index (χ1n) is 5.78. The van der Waals surface area contributed by atoms with Crippen molar-refractivity contribution in [2.45, 2.75) is 20.0 Å². The summed E-state index contributed by atoms with van der Waals surface area (Å²) in [7, 11) is 0. The highest BCUT2D eigenvalue weighted by Gasteiger charge is 2.08. The second-order valence-electron chi connectivity index (χ2n) is 3.91. The Kier molecular flexibility index (Phi) is 3.62. The van der Waals surface area contributed by atoms with Crippen LogP contribution in [0, 0.1) is 0 Å². The molecule has 1 heterocycles. The number of anilines is 1. The smallest absolute Gasteiger partial charge is 0.337 e. The number of para-hydroxylation sites is 1. The predicted octanol–water partition coefficient (Wildman–Crippen LogP) is 2.21. The first-order valence-corrected chi connectivity index (χ1v) is 5.78. The van der Waals surface area contributed by atoms with Crippen molar-refractivity contribution < 1.29 is 9.90 Å². The molecule has 2 rings (SSSR count). The van der Waals surface area contributed by atoms with E-state index in [0.717, 1.165) is 12.1 Å². The molecule has 0 aliphatic carbocycles. The van der Waals surface area contributed by atoms with Gasteiger partial charge in [-0.2, -0.15) is 5.10 Å². The zero-order valence-electron chi connectivity index (χ0n) is 10.1. The van der Waals surface area contributed by atoms with Crippen LogP contribution in [0.5, 0.6) is 0 Å². The van der Waals surface area contributed by atoms with E-state index in [9.17, 15) is 4.79 Å². The summed E-state index contributed by atoms with van der Waals surface area (Å²) >= 11 is 0. The molecule has 0 unspecified atom stereocenters. The average molecular weight is 245 g/mol. The molecule has 18 heavy (non-hydrogen) atoms. The molecular formula is C13H15N3O2. The number of nitrogens with one attached hydrogen (secondary N) is 1. The van der Waals surface area contributed by atoms with Gasteiger partial charge in [-0.1, -0.05) is 12.1 Å². The lowest BCUT2D eigenvalue weighted by Gasteiger charge is -2.07. The zero-order chi connectivity index (χ0) is 13.0. The van der Waals surface area contributed by atoms with Crippen LogP contribution in [-0.2, 0) is 13.1 Å². The van der Waals surface area contributed by atoms with E-state index in [2.05, 4.69) is 10.4 Å². The number of rotatable bonds is 5. The third-order valence-corrected chi connectivity index (χ3v) is 2.65. The summed E-state index contributed by atoms with van der Waals surface area (Å²) in [4.78, 5) is 11.0. The molecule has 0 amide bonds. The first-order chi connectivity index (χ1) is 8.70. The van der Waals surface area contributed by atoms with E-state index in [1.807, 2.05) is 23.9 Å². The Morgan fingerprint density at radius 3 is 2.89 bits per heavy atom. The number of benzene rings is 1. The molecule has 0 saturated heterocycles. The molecule has 0 fully saturated rings. The van der Waals surface area contributed by atoms with Gasteiger partial charge >= 0.3 is 5.97 Å². The lowest BCUT2D eigenvalue weighted by molar-refractivity contribution is 0.0698. The Bertz CT molecular complexity index is 549. The van der Waals surface area contributed by atoms with E-state index in [4.69, 9.17) is 5.11 Å². The fourth-order valence-corrected chi connectivity index (χ4v) is 1.69. The topological polar surface area (TPSA) is 67.2 Å². The van der Waals surface area contributed by atoms with Crippen molar-refractivity contribution in [2.75, 3.05) is 5.32 Å². The Morgan fingerprint density at radius 2 is 2.22 bits per heavy atom. The highest BCUT2D eigenvalue weighted by molar-refractivity contribution is 5.94. The highest BCUT2D eigenvalue weighted by Crippen LogP contribution is 2.15. The van der Waals surface area contributed by atoms with Crippen LogP contribution in [0.15, 0.2) is 36.7 Å². The summed E-state index contributed by atoms with van der Waals surface area (Å²) in [6, 6.07) is 6.86. The largest absolute Gasteiger partial charge is 0.478 e. The maximum Gasteiger partial charge on any atom is 0.337 e. The van der Waals surface area contributed by atoms with Crippen LogP contribution < -0.4 is 5.32 Å². The molecule has 1 aromatic carbocycles. The van der Waals surface area contributed by atoms with Gasteiger partial charge in [-0.05, 0) is 19.1 Å². The minimum absolute atomic E-state index is 0.278. The standard InChI is InChI=1S/C13H15N3O2/c1-2-16-9-10(8-15-16)7-14-12-6-4-3-5-11(12)13(17)18/h3-6,8-9,14H,2,7H2,1H3,(H,17,18). The van der Waals surface area contributed by atoms with Gasteiger partial charge in [0.2, 0.25) is 0 Å². The summed E-state index contributed by atoms with van der Waals surface area (Å²) < 4.78 is 1.83. The number of aromatic nitrogens is 2. The van der Waals surface area contributed by atoms with Gasteiger partial charge in [-0.25, -0.2) is 4.79 Å². The van der Waals surface area contributed by atoms with Gasteiger partial charge in [0.15, 0.2) is 0 Å². The van der Waals surface area contributed by atoms with Gasteiger partial charge in [0.25, 0.3) is 0 Å². The fourth-order valence-electron chi connectivity index (χ4n) is 1.69. The molecule has 0 aliphatic heterocycles. The number of carbonyl (C=O) groups is 1. The van der Waals surface area contributed by atoms with Crippen molar-refractivity contribution in [1.29, 1.82) is 0 Å². The Hall–Kier alpha value is -2.30. The molecule has 2 N–H and O–H groups in total. The third-order valence-electron chi connectivity index (χ3n) is 2.65. The number of nitrogens with zero attached hydrogens (tertiary/aromatic N) is 2. The molecule has 0 saturated carbocycles. The third kappa shape index (κ3) is 2.68. The van der Waals surface area contributed by atoms with Crippen LogP contribution in [0.1, 0.15) is 22.8 Å². The van der Waals surface area contributed by atoms with Crippen molar-refractivity contribution in [1.82, 2.24) is 9.78 Å². The maximum atomic E-state index is 11.0. The number of carboxylic acid groups (broad SMARTS) is 1. The number of carboxylic acids is 1. The molecule has 0 spiro atoms. The Balaban J connectivity index is 2.08. The highest BCUT2D eigenvalue weighted by atomic mass is 16.4. The second kappa shape index (κ2) is 5.35. The van der Waals surface area contributed by atoms with Gasteiger partial charge in [-0.15, -0.1) is 0 Å². The summed E-state index contributed by atoms with van der Waals surface area (Å²) in [5.74, 6) is -0.928. The van der Waals surface area contributed by atoms with E-state index in [1.165, 1.54) is 0 Å². The Morgan fingerprint density at radius 1 is 1.44 bits per heavy atom. The van der Waals surface area contributed by atoms with Crippen molar-refractivity contribution in [3.8, 4) is 0 Å². The van der Waals surface area contributed by atoms with Gasteiger partial charge in [-0.3, -0.25) is 4.68 Å². The fraction of sp³-hybridized carbons (Fsp3) is 0.231. The lowest BCUT2D eigenvalue weighted by Crippen LogP contribution is -2.05. The van der Waals surface area contributed by atoms with E-state index in [0.29, 0.717) is 12.2 Å². The normalized spacial score (nSPS) is 10.3. The predicted molar refractivity (Wildman–Crippen MR) is 68.6 cm³/mol. The quantitative estimate of drug-likeness (QED) is 0.847. The molecule has 5 heteroatoms. The van der Waals surface area contributed by atoms with Crippen LogP contribution in [0.3, 0.4) is 0 Å². The van der Waals surface area contributed by atoms with Gasteiger partial charge in [0.05, 0.1) is 11.8 Å². The lowest BCUT2D eigenvalue weighted by atomic mass is 10.2. The van der Waals surface area contributed by atoms with E-state index in [-0.39, 0.29) is 5.56 Å². The van der Waals surface area contributed by atoms with Crippen molar-refractivity contribution in [3.05, 3.63) is 47.8 Å². The Labute approximate surface area is 105 Å². The number of aromatic carboxylic acids is 1. The summed E-state index contributed by atoms with van der Waals surface area (Å²) in [5.41, 5.74) is 1.92. The second-order valence-corrected chi connectivity index (χ2v) is 3.91. The van der Waals surface area contributed by atoms with Crippen LogP contribution in [0.4, 0.5) is 5.69 Å². The van der Waals surface area contributed by atoms with Crippen LogP contribution in [-0.4, -0.2) is 20.9 Å². The van der Waals surface area contributed by atoms with Gasteiger partial charge < -0.3 is 10.4 Å². The van der Waals surface area contributed by atoms with Crippen molar-refractivity contribution in [3.63, 3.8) is 0 Å². The molecule has 0 bridgehead atoms. The zero-order valence-corrected chi connectivity index (χ0v) is 10.1. The number of hydrogen-bond acceptors (Lipinski definition) is 3. The SMILES string of the molecule is CCn1cc(CNc2ccccc2C(=O)O)cn1. The van der Waals surface area contributed by atoms with Gasteiger partial charge in [0, 0.05) is 30.5 Å². The van der Waals surface area contributed by atoms with E-state index < -0.39 is 5.97 Å². The van der Waals surface area contributed by atoms with Crippen molar-refractivity contribution >= 4 is 11.7 Å². The molecule has 1 aromatic heterocycles. The molecule has 0 atom stereocenters. The number of aryl methyl sites for hydroxylation is 1. The van der Waals surface area contributed by atoms with Crippen LogP contribution >= 0.6 is 0 Å². The molecule has 0 radical (unpaired) electrons. The monoisotopic (exact) mass is 245 g/mol. The first kappa shape index (κ1) is 12.2. The summed E-state index contributed by atoms with van der Waals surface area (Å²) in [5, 5.41) is 16.3. The van der Waals surface area contributed by atoms with Crippen LogP contribution in [0.2, 0.25) is 0 Å². The minimum Gasteiger partial charge on any atom is -0.478 e. The van der Waals surface area contributed by atoms with Gasteiger partial charge in [0.1, 0.15) is 0 Å². The molecule has 2 aromatic rings. The van der Waals surface area contributed by atoms with Crippen LogP contribution in [0.25, 0.3) is 0 Å². The molecule has 94 valence electrons. The molecule has 5 nitrogen and oxygen atoms in total. The summed E-state index contributed by atoms with van der Waals surface area (Å²) in [6.45, 7) is 3.40. The molecule has 0 aliphatic rings. The number of hydrogen-bond donors (Lipinski definition) is 2.